The minimum absolute atomic E-state index is 0.0470. The van der Waals surface area contributed by atoms with E-state index in [0.717, 1.165) is 5.56 Å². The number of carbonyl (C=O) groups excluding carboxylic acids is 1. The predicted molar refractivity (Wildman–Crippen MR) is 73.3 cm³/mol. The molecule has 1 aromatic carbocycles. The number of benzene rings is 1. The molecule has 1 rings (SSSR count). The Morgan fingerprint density at radius 1 is 1.30 bits per heavy atom. The Hall–Kier alpha value is -1.21. The summed E-state index contributed by atoms with van der Waals surface area (Å²) in [5, 5.41) is 3.03. The monoisotopic (exact) mass is 306 g/mol. The maximum atomic E-state index is 12.2. The Morgan fingerprint density at radius 2 is 1.85 bits per heavy atom. The van der Waals surface area contributed by atoms with Crippen LogP contribution in [0.3, 0.4) is 0 Å². The molecule has 1 aromatic rings. The van der Waals surface area contributed by atoms with Crippen LogP contribution in [0.4, 0.5) is 13.2 Å². The molecule has 0 heterocycles. The minimum Gasteiger partial charge on any atom is -0.347 e. The summed E-state index contributed by atoms with van der Waals surface area (Å²) in [7, 11) is 3.34. The Morgan fingerprint density at radius 3 is 2.30 bits per heavy atom. The zero-order chi connectivity index (χ0) is 15.3. The van der Waals surface area contributed by atoms with Crippen molar-refractivity contribution in [1.82, 2.24) is 10.2 Å². The van der Waals surface area contributed by atoms with Crippen molar-refractivity contribution >= 4 is 17.7 Å². The molecule has 7 heteroatoms. The molecule has 0 saturated heterocycles. The fraction of sp³-hybridized carbons (Fsp3) is 0.462. The first kappa shape index (κ1) is 16.8. The van der Waals surface area contributed by atoms with Crippen LogP contribution in [0.1, 0.15) is 12.5 Å². The molecule has 0 aliphatic carbocycles. The Kier molecular flexibility index (Phi) is 5.88. The van der Waals surface area contributed by atoms with Gasteiger partial charge in [0.2, 0.25) is 5.91 Å². The van der Waals surface area contributed by atoms with Crippen molar-refractivity contribution in [3.05, 3.63) is 29.8 Å². The number of amides is 1. The lowest BCUT2D eigenvalue weighted by Gasteiger charge is -2.18. The van der Waals surface area contributed by atoms with Crippen molar-refractivity contribution in [2.45, 2.75) is 29.9 Å². The van der Waals surface area contributed by atoms with Crippen LogP contribution in [0.5, 0.6) is 0 Å². The summed E-state index contributed by atoms with van der Waals surface area (Å²) >= 11 is -0.139. The molecule has 0 spiro atoms. The van der Waals surface area contributed by atoms with E-state index >= 15 is 0 Å². The van der Waals surface area contributed by atoms with Crippen molar-refractivity contribution in [2.24, 2.45) is 0 Å². The molecule has 20 heavy (non-hydrogen) atoms. The number of rotatable bonds is 5. The summed E-state index contributed by atoms with van der Waals surface area (Å²) in [5.41, 5.74) is -3.44. The molecule has 1 atom stereocenters. The standard InChI is InChI=1S/C13H17F3N2OS/c1-9(12(19)18(2)3)17-8-10-4-6-11(7-5-10)20-13(14,15)16/h4-7,9,17H,8H2,1-3H3. The van der Waals surface area contributed by atoms with Crippen LogP contribution >= 0.6 is 11.8 Å². The second-order valence-electron chi connectivity index (χ2n) is 4.53. The number of hydrogen-bond acceptors (Lipinski definition) is 3. The molecule has 1 amide bonds. The smallest absolute Gasteiger partial charge is 0.347 e. The second kappa shape index (κ2) is 6.99. The van der Waals surface area contributed by atoms with Gasteiger partial charge in [0.25, 0.3) is 0 Å². The maximum absolute atomic E-state index is 12.2. The number of halogens is 3. The summed E-state index contributed by atoms with van der Waals surface area (Å²) in [6.45, 7) is 2.17. The SMILES string of the molecule is CC(NCc1ccc(SC(F)(F)F)cc1)C(=O)N(C)C. The maximum Gasteiger partial charge on any atom is 0.446 e. The lowest BCUT2D eigenvalue weighted by molar-refractivity contribution is -0.130. The first-order valence-corrected chi connectivity index (χ1v) is 6.80. The zero-order valence-electron chi connectivity index (χ0n) is 11.5. The number of thioether (sulfide) groups is 1. The van der Waals surface area contributed by atoms with Crippen LogP contribution in [0.15, 0.2) is 29.2 Å². The van der Waals surface area contributed by atoms with Crippen LogP contribution in [0.2, 0.25) is 0 Å². The molecule has 0 fully saturated rings. The van der Waals surface area contributed by atoms with Crippen LogP contribution in [-0.2, 0) is 11.3 Å². The number of nitrogens with zero attached hydrogens (tertiary/aromatic N) is 1. The van der Waals surface area contributed by atoms with Gasteiger partial charge in [-0.1, -0.05) is 12.1 Å². The van der Waals surface area contributed by atoms with E-state index in [1.165, 1.54) is 17.0 Å². The minimum atomic E-state index is -4.27. The Balaban J connectivity index is 2.52. The van der Waals surface area contributed by atoms with Crippen molar-refractivity contribution in [3.8, 4) is 0 Å². The van der Waals surface area contributed by atoms with E-state index in [1.807, 2.05) is 0 Å². The third kappa shape index (κ3) is 5.83. The van der Waals surface area contributed by atoms with E-state index < -0.39 is 5.51 Å². The highest BCUT2D eigenvalue weighted by Crippen LogP contribution is 2.36. The highest BCUT2D eigenvalue weighted by atomic mass is 32.2. The molecular weight excluding hydrogens is 289 g/mol. The summed E-state index contributed by atoms with van der Waals surface area (Å²) in [6, 6.07) is 5.75. The number of alkyl halides is 3. The fourth-order valence-electron chi connectivity index (χ4n) is 1.55. The van der Waals surface area contributed by atoms with Gasteiger partial charge < -0.3 is 10.2 Å². The largest absolute Gasteiger partial charge is 0.446 e. The topological polar surface area (TPSA) is 32.3 Å². The third-order valence-corrected chi connectivity index (χ3v) is 3.32. The molecule has 0 saturated carbocycles. The van der Waals surface area contributed by atoms with Crippen molar-refractivity contribution in [3.63, 3.8) is 0 Å². The van der Waals surface area contributed by atoms with Gasteiger partial charge in [-0.05, 0) is 36.4 Å². The summed E-state index contributed by atoms with van der Waals surface area (Å²) in [4.78, 5) is 13.2. The third-order valence-electron chi connectivity index (χ3n) is 2.58. The number of likely N-dealkylation sites (N-methyl/N-ethyl adjacent to an activating group) is 1. The molecule has 1 N–H and O–H groups in total. The lowest BCUT2D eigenvalue weighted by Crippen LogP contribution is -2.41. The predicted octanol–water partition coefficient (Wildman–Crippen LogP) is 2.86. The first-order chi connectivity index (χ1) is 9.19. The molecule has 0 aromatic heterocycles. The van der Waals surface area contributed by atoms with Crippen LogP contribution in [-0.4, -0.2) is 36.5 Å². The van der Waals surface area contributed by atoms with Gasteiger partial charge in [0, 0.05) is 25.5 Å². The number of hydrogen-bond donors (Lipinski definition) is 1. The molecule has 3 nitrogen and oxygen atoms in total. The van der Waals surface area contributed by atoms with Gasteiger partial charge in [-0.3, -0.25) is 4.79 Å². The molecule has 112 valence electrons. The number of nitrogens with one attached hydrogen (secondary N) is 1. The second-order valence-corrected chi connectivity index (χ2v) is 5.67. The van der Waals surface area contributed by atoms with Crippen molar-refractivity contribution in [1.29, 1.82) is 0 Å². The summed E-state index contributed by atoms with van der Waals surface area (Å²) in [5.74, 6) is -0.0470. The van der Waals surface area contributed by atoms with Crippen LogP contribution in [0.25, 0.3) is 0 Å². The molecule has 1 unspecified atom stereocenters. The van der Waals surface area contributed by atoms with Gasteiger partial charge in [0.1, 0.15) is 0 Å². The van der Waals surface area contributed by atoms with E-state index in [-0.39, 0.29) is 28.6 Å². The normalized spacial score (nSPS) is 13.1. The van der Waals surface area contributed by atoms with Crippen molar-refractivity contribution < 1.29 is 18.0 Å². The van der Waals surface area contributed by atoms with E-state index in [9.17, 15) is 18.0 Å². The Labute approximate surface area is 120 Å². The van der Waals surface area contributed by atoms with Crippen molar-refractivity contribution in [2.75, 3.05) is 14.1 Å². The molecule has 0 radical (unpaired) electrons. The van der Waals surface area contributed by atoms with Gasteiger partial charge in [0.15, 0.2) is 0 Å². The average Bonchev–Trinajstić information content (AvgIpc) is 2.34. The first-order valence-electron chi connectivity index (χ1n) is 5.98. The number of carbonyl (C=O) groups is 1. The highest BCUT2D eigenvalue weighted by Gasteiger charge is 2.28. The fourth-order valence-corrected chi connectivity index (χ4v) is 2.09. The van der Waals surface area contributed by atoms with Gasteiger partial charge in [0.05, 0.1) is 6.04 Å². The van der Waals surface area contributed by atoms with Gasteiger partial charge in [-0.25, -0.2) is 0 Å². The lowest BCUT2D eigenvalue weighted by atomic mass is 10.2. The van der Waals surface area contributed by atoms with E-state index in [1.54, 1.807) is 33.2 Å². The quantitative estimate of drug-likeness (QED) is 0.849. The summed E-state index contributed by atoms with van der Waals surface area (Å²) < 4.78 is 36.5. The van der Waals surface area contributed by atoms with Gasteiger partial charge in [-0.2, -0.15) is 13.2 Å². The van der Waals surface area contributed by atoms with E-state index in [2.05, 4.69) is 5.32 Å². The molecule has 0 aliphatic rings. The molecule has 0 aliphatic heterocycles. The molecule has 0 bridgehead atoms. The zero-order valence-corrected chi connectivity index (χ0v) is 12.3. The van der Waals surface area contributed by atoms with Gasteiger partial charge >= 0.3 is 5.51 Å². The van der Waals surface area contributed by atoms with Crippen LogP contribution < -0.4 is 5.32 Å². The molecular formula is C13H17F3N2OS. The van der Waals surface area contributed by atoms with Gasteiger partial charge in [-0.15, -0.1) is 0 Å². The average molecular weight is 306 g/mol. The van der Waals surface area contributed by atoms with E-state index in [4.69, 9.17) is 0 Å². The summed E-state index contributed by atoms with van der Waals surface area (Å²) in [6.07, 6.45) is 0. The Bertz CT molecular complexity index is 446. The highest BCUT2D eigenvalue weighted by molar-refractivity contribution is 8.00. The van der Waals surface area contributed by atoms with E-state index in [0.29, 0.717) is 6.54 Å². The van der Waals surface area contributed by atoms with Crippen LogP contribution in [0, 0.1) is 0 Å².